The van der Waals surface area contributed by atoms with E-state index in [4.69, 9.17) is 15.5 Å². The van der Waals surface area contributed by atoms with Gasteiger partial charge in [0.15, 0.2) is 5.69 Å². The molecule has 0 aliphatic carbocycles. The molecular formula is C26H21N5O2S. The summed E-state index contributed by atoms with van der Waals surface area (Å²) in [6.07, 6.45) is 4.19. The smallest absolute Gasteiger partial charge is 0.269 e. The van der Waals surface area contributed by atoms with Gasteiger partial charge >= 0.3 is 0 Å². The van der Waals surface area contributed by atoms with Crippen LogP contribution in [0.5, 0.6) is 5.75 Å². The van der Waals surface area contributed by atoms with Gasteiger partial charge in [0.25, 0.3) is 5.91 Å². The summed E-state index contributed by atoms with van der Waals surface area (Å²) in [4.78, 5) is 31.7. The maximum atomic E-state index is 12.2. The summed E-state index contributed by atoms with van der Waals surface area (Å²) >= 11 is 1.63. The molecule has 2 N–H and O–H groups in total. The Bertz CT molecular complexity index is 1510. The van der Waals surface area contributed by atoms with E-state index in [2.05, 4.69) is 15.0 Å². The number of thiazole rings is 1. The highest BCUT2D eigenvalue weighted by atomic mass is 32.1. The minimum absolute atomic E-state index is 0.117. The second-order valence-corrected chi connectivity index (χ2v) is 8.89. The zero-order valence-corrected chi connectivity index (χ0v) is 19.5. The Morgan fingerprint density at radius 2 is 1.82 bits per heavy atom. The molecule has 8 heteroatoms. The average molecular weight is 468 g/mol. The maximum absolute atomic E-state index is 12.2. The van der Waals surface area contributed by atoms with Gasteiger partial charge in [-0.15, -0.1) is 11.3 Å². The number of rotatable bonds is 6. The second-order valence-electron chi connectivity index (χ2n) is 7.78. The standard InChI is InChI=1S/C26H21N5O2S/c1-15-5-4-12-28-21(15)23-24(25(27)32)30-20-7-3-6-17(22(20)31-23)13-19-14-29-26(34-19)16-8-10-18(33-2)11-9-16/h3-12,14H,13H2,1-2H3,(H2,27,32). The van der Waals surface area contributed by atoms with Crippen LogP contribution < -0.4 is 10.5 Å². The number of hydrogen-bond acceptors (Lipinski definition) is 7. The summed E-state index contributed by atoms with van der Waals surface area (Å²) in [6, 6.07) is 17.4. The fourth-order valence-electron chi connectivity index (χ4n) is 3.79. The van der Waals surface area contributed by atoms with Crippen molar-refractivity contribution in [1.82, 2.24) is 19.9 Å². The number of ether oxygens (including phenoxy) is 1. The molecule has 2 aromatic carbocycles. The number of pyridine rings is 1. The number of benzene rings is 2. The molecule has 0 aliphatic heterocycles. The van der Waals surface area contributed by atoms with Crippen LogP contribution in [0, 0.1) is 6.92 Å². The van der Waals surface area contributed by atoms with Crippen molar-refractivity contribution >= 4 is 28.3 Å². The van der Waals surface area contributed by atoms with Crippen LogP contribution in [0.2, 0.25) is 0 Å². The highest BCUT2D eigenvalue weighted by Gasteiger charge is 2.19. The number of fused-ring (bicyclic) bond motifs is 1. The third-order valence-electron chi connectivity index (χ3n) is 5.50. The Kier molecular flexibility index (Phi) is 5.73. The Balaban J connectivity index is 1.56. The number of carbonyl (C=O) groups excluding carboxylic acids is 1. The van der Waals surface area contributed by atoms with E-state index in [1.54, 1.807) is 24.6 Å². The molecule has 3 heterocycles. The molecule has 5 rings (SSSR count). The van der Waals surface area contributed by atoms with Gasteiger partial charge in [0.2, 0.25) is 0 Å². The van der Waals surface area contributed by atoms with Gasteiger partial charge in [0, 0.05) is 29.3 Å². The van der Waals surface area contributed by atoms with Gasteiger partial charge in [0.05, 0.1) is 23.8 Å². The van der Waals surface area contributed by atoms with Gasteiger partial charge in [-0.3, -0.25) is 9.78 Å². The monoisotopic (exact) mass is 467 g/mol. The molecule has 0 atom stereocenters. The lowest BCUT2D eigenvalue weighted by Gasteiger charge is -2.11. The van der Waals surface area contributed by atoms with E-state index in [1.807, 2.05) is 67.7 Å². The first kappa shape index (κ1) is 21.7. The van der Waals surface area contributed by atoms with Crippen molar-refractivity contribution in [2.75, 3.05) is 7.11 Å². The predicted molar refractivity (Wildman–Crippen MR) is 133 cm³/mol. The van der Waals surface area contributed by atoms with Crippen LogP contribution >= 0.6 is 11.3 Å². The van der Waals surface area contributed by atoms with Crippen LogP contribution in [0.15, 0.2) is 67.0 Å². The van der Waals surface area contributed by atoms with E-state index in [0.29, 0.717) is 28.8 Å². The SMILES string of the molecule is COc1ccc(-c2ncc(Cc3cccc4nc(C(N)=O)c(-c5ncccc5C)nc34)s2)cc1. The molecule has 0 saturated heterocycles. The Labute approximate surface area is 200 Å². The molecule has 3 aromatic heterocycles. The first-order valence-electron chi connectivity index (χ1n) is 10.6. The van der Waals surface area contributed by atoms with Crippen LogP contribution in [-0.4, -0.2) is 33.0 Å². The maximum Gasteiger partial charge on any atom is 0.269 e. The minimum atomic E-state index is -0.633. The quantitative estimate of drug-likeness (QED) is 0.384. The first-order chi connectivity index (χ1) is 16.5. The number of amides is 1. The number of methoxy groups -OCH3 is 1. The summed E-state index contributed by atoms with van der Waals surface area (Å²) < 4.78 is 5.24. The van der Waals surface area contributed by atoms with E-state index in [-0.39, 0.29) is 5.69 Å². The van der Waals surface area contributed by atoms with Crippen molar-refractivity contribution in [3.05, 3.63) is 88.7 Å². The lowest BCUT2D eigenvalue weighted by molar-refractivity contribution is 0.0996. The van der Waals surface area contributed by atoms with Crippen LogP contribution in [-0.2, 0) is 6.42 Å². The van der Waals surface area contributed by atoms with Gasteiger partial charge < -0.3 is 10.5 Å². The number of aryl methyl sites for hydroxylation is 1. The molecule has 0 saturated carbocycles. The van der Waals surface area contributed by atoms with Crippen LogP contribution in [0.4, 0.5) is 0 Å². The Hall–Kier alpha value is -4.17. The molecule has 0 unspecified atom stereocenters. The lowest BCUT2D eigenvalue weighted by atomic mass is 10.1. The predicted octanol–water partition coefficient (Wildman–Crippen LogP) is 4.82. The summed E-state index contributed by atoms with van der Waals surface area (Å²) in [7, 11) is 1.65. The first-order valence-corrected chi connectivity index (χ1v) is 11.5. The zero-order chi connectivity index (χ0) is 23.7. The number of hydrogen-bond donors (Lipinski definition) is 1. The molecule has 0 spiro atoms. The number of primary amides is 1. The highest BCUT2D eigenvalue weighted by molar-refractivity contribution is 7.15. The fourth-order valence-corrected chi connectivity index (χ4v) is 4.73. The lowest BCUT2D eigenvalue weighted by Crippen LogP contribution is -2.16. The van der Waals surface area contributed by atoms with Crippen molar-refractivity contribution in [3.8, 4) is 27.7 Å². The third-order valence-corrected chi connectivity index (χ3v) is 6.55. The topological polar surface area (TPSA) is 104 Å². The van der Waals surface area contributed by atoms with Crippen molar-refractivity contribution in [2.45, 2.75) is 13.3 Å². The average Bonchev–Trinajstić information content (AvgIpc) is 3.32. The van der Waals surface area contributed by atoms with Gasteiger partial charge in [-0.25, -0.2) is 15.0 Å². The number of para-hydroxylation sites is 1. The van der Waals surface area contributed by atoms with Crippen molar-refractivity contribution in [3.63, 3.8) is 0 Å². The molecule has 5 aromatic rings. The molecule has 7 nitrogen and oxygen atoms in total. The number of nitrogens with two attached hydrogens (primary N) is 1. The molecule has 34 heavy (non-hydrogen) atoms. The van der Waals surface area contributed by atoms with Crippen LogP contribution in [0.1, 0.15) is 26.5 Å². The highest BCUT2D eigenvalue weighted by Crippen LogP contribution is 2.30. The summed E-state index contributed by atoms with van der Waals surface area (Å²) in [5.41, 5.74) is 11.0. The van der Waals surface area contributed by atoms with Crippen LogP contribution in [0.3, 0.4) is 0 Å². The zero-order valence-electron chi connectivity index (χ0n) is 18.6. The molecule has 168 valence electrons. The van der Waals surface area contributed by atoms with E-state index in [0.717, 1.165) is 32.3 Å². The molecule has 1 amide bonds. The number of aromatic nitrogens is 4. The van der Waals surface area contributed by atoms with Crippen molar-refractivity contribution in [2.24, 2.45) is 5.73 Å². The van der Waals surface area contributed by atoms with Gasteiger partial charge in [-0.1, -0.05) is 18.2 Å². The summed E-state index contributed by atoms with van der Waals surface area (Å²) in [5.74, 6) is 0.176. The van der Waals surface area contributed by atoms with Gasteiger partial charge in [-0.05, 0) is 54.4 Å². The second kappa shape index (κ2) is 8.99. The fraction of sp³-hybridized carbons (Fsp3) is 0.115. The van der Waals surface area contributed by atoms with Crippen molar-refractivity contribution < 1.29 is 9.53 Å². The van der Waals surface area contributed by atoms with Crippen molar-refractivity contribution in [1.29, 1.82) is 0 Å². The molecule has 0 aliphatic rings. The summed E-state index contributed by atoms with van der Waals surface area (Å²) in [5, 5.41) is 0.935. The number of carbonyl (C=O) groups is 1. The van der Waals surface area contributed by atoms with Gasteiger partial charge in [-0.2, -0.15) is 0 Å². The van der Waals surface area contributed by atoms with E-state index < -0.39 is 5.91 Å². The molecule has 0 radical (unpaired) electrons. The van der Waals surface area contributed by atoms with Crippen LogP contribution in [0.25, 0.3) is 33.0 Å². The molecule has 0 fully saturated rings. The van der Waals surface area contributed by atoms with E-state index in [9.17, 15) is 4.79 Å². The van der Waals surface area contributed by atoms with E-state index >= 15 is 0 Å². The Morgan fingerprint density at radius 3 is 2.56 bits per heavy atom. The van der Waals surface area contributed by atoms with E-state index in [1.165, 1.54) is 0 Å². The summed E-state index contributed by atoms with van der Waals surface area (Å²) in [6.45, 7) is 1.92. The van der Waals surface area contributed by atoms with Gasteiger partial charge in [0.1, 0.15) is 16.5 Å². The third kappa shape index (κ3) is 4.11. The minimum Gasteiger partial charge on any atom is -0.497 e. The number of nitrogens with zero attached hydrogens (tertiary/aromatic N) is 4. The Morgan fingerprint density at radius 1 is 1.00 bits per heavy atom. The normalized spacial score (nSPS) is 11.0. The largest absolute Gasteiger partial charge is 0.497 e. The molecule has 0 bridgehead atoms. The molecular weight excluding hydrogens is 446 g/mol.